The summed E-state index contributed by atoms with van der Waals surface area (Å²) in [6.07, 6.45) is 0. The molecule has 11 rings (SSSR count). The van der Waals surface area contributed by atoms with E-state index in [1.807, 2.05) is 27.7 Å². The van der Waals surface area contributed by atoms with Crippen LogP contribution in [0, 0.1) is 20.8 Å². The summed E-state index contributed by atoms with van der Waals surface area (Å²) in [7, 11) is 0. The van der Waals surface area contributed by atoms with Crippen molar-refractivity contribution in [1.29, 1.82) is 0 Å². The molecule has 0 atom stereocenters. The summed E-state index contributed by atoms with van der Waals surface area (Å²) >= 11 is 0. The molecule has 11 aromatic rings. The number of anilines is 6. The summed E-state index contributed by atoms with van der Waals surface area (Å²) in [4.78, 5) is 4.98. The second kappa shape index (κ2) is 17.5. The largest absolute Gasteiger partial charge is 0.309 e. The standard InChI is InChI=1S/C57H42N2.2C2H6/c1-37-22-27-52-53(28-37)57(59(49-20-8-5-9-21-49)51-26-24-45-32-41-15-11-13-17-43(41)34-47(45)36-51)55-30-39(3)38(2)29-54(55)56(52)58(48-18-6-4-7-19-48)50-25-23-44-31-40-14-10-12-16-42(40)33-46(44)35-50;2*1-2/h4-36H,1-3H3;2*1-2H3. The molecule has 0 aliphatic heterocycles. The number of aryl methyl sites for hydroxylation is 3. The maximum absolute atomic E-state index is 2.49. The van der Waals surface area contributed by atoms with Gasteiger partial charge in [0.15, 0.2) is 0 Å². The van der Waals surface area contributed by atoms with Crippen molar-refractivity contribution in [3.8, 4) is 0 Å². The van der Waals surface area contributed by atoms with Crippen molar-refractivity contribution >= 4 is 98.8 Å². The molecule has 0 saturated heterocycles. The highest BCUT2D eigenvalue weighted by Crippen LogP contribution is 2.52. The summed E-state index contributed by atoms with van der Waals surface area (Å²) < 4.78 is 0. The van der Waals surface area contributed by atoms with E-state index in [4.69, 9.17) is 0 Å². The number of rotatable bonds is 6. The highest BCUT2D eigenvalue weighted by atomic mass is 15.2. The predicted molar refractivity (Wildman–Crippen MR) is 278 cm³/mol. The first-order chi connectivity index (χ1) is 31.0. The van der Waals surface area contributed by atoms with Gasteiger partial charge in [-0.3, -0.25) is 0 Å². The molecule has 0 aromatic heterocycles. The number of nitrogens with zero attached hydrogens (tertiary/aromatic N) is 2. The first-order valence-electron chi connectivity index (χ1n) is 22.5. The van der Waals surface area contributed by atoms with Gasteiger partial charge in [0.25, 0.3) is 0 Å². The first-order valence-corrected chi connectivity index (χ1v) is 22.5. The lowest BCUT2D eigenvalue weighted by atomic mass is 9.91. The minimum atomic E-state index is 1.11. The Hall–Kier alpha value is -7.42. The van der Waals surface area contributed by atoms with Crippen LogP contribution in [0.1, 0.15) is 44.4 Å². The second-order valence-corrected chi connectivity index (χ2v) is 16.0. The van der Waals surface area contributed by atoms with E-state index in [1.54, 1.807) is 0 Å². The molecule has 308 valence electrons. The Morgan fingerprint density at radius 2 is 0.603 bits per heavy atom. The van der Waals surface area contributed by atoms with Gasteiger partial charge in [0.05, 0.1) is 11.4 Å². The number of hydrogen-bond donors (Lipinski definition) is 0. The van der Waals surface area contributed by atoms with Gasteiger partial charge in [0, 0.05) is 44.3 Å². The van der Waals surface area contributed by atoms with Gasteiger partial charge < -0.3 is 9.80 Å². The topological polar surface area (TPSA) is 6.48 Å². The maximum atomic E-state index is 2.49. The fraction of sp³-hybridized carbons (Fsp3) is 0.115. The molecule has 0 spiro atoms. The molecule has 0 bridgehead atoms. The van der Waals surface area contributed by atoms with Gasteiger partial charge in [-0.05, 0) is 166 Å². The van der Waals surface area contributed by atoms with Crippen molar-refractivity contribution in [2.45, 2.75) is 48.5 Å². The SMILES string of the molecule is CC.CC.Cc1ccc2c(N(c3ccccc3)c3ccc4cc5ccccc5cc4c3)c3cc(C)c(C)cc3c(N(c3ccccc3)c3ccc4cc5ccccc5cc4c3)c2c1. The molecule has 0 fully saturated rings. The van der Waals surface area contributed by atoms with E-state index in [2.05, 4.69) is 231 Å². The summed E-state index contributed by atoms with van der Waals surface area (Å²) in [5, 5.41) is 14.7. The third-order valence-electron chi connectivity index (χ3n) is 12.2. The van der Waals surface area contributed by atoms with E-state index in [0.29, 0.717) is 0 Å². The Labute approximate surface area is 372 Å². The predicted octanol–water partition coefficient (Wildman–Crippen LogP) is 18.5. The summed E-state index contributed by atoms with van der Waals surface area (Å²) in [6, 6.07) is 74.1. The summed E-state index contributed by atoms with van der Waals surface area (Å²) in [6.45, 7) is 14.7. The average Bonchev–Trinajstić information content (AvgIpc) is 3.33. The van der Waals surface area contributed by atoms with Crippen LogP contribution < -0.4 is 9.80 Å². The number of para-hydroxylation sites is 2. The van der Waals surface area contributed by atoms with E-state index in [1.165, 1.54) is 92.7 Å². The highest BCUT2D eigenvalue weighted by molar-refractivity contribution is 6.24. The average molecular weight is 815 g/mol. The lowest BCUT2D eigenvalue weighted by Gasteiger charge is -2.33. The van der Waals surface area contributed by atoms with E-state index in [-0.39, 0.29) is 0 Å². The molecule has 0 radical (unpaired) electrons. The monoisotopic (exact) mass is 814 g/mol. The van der Waals surface area contributed by atoms with Crippen LogP contribution in [-0.4, -0.2) is 0 Å². The molecular weight excluding hydrogens is 761 g/mol. The number of fused-ring (bicyclic) bond motifs is 6. The molecule has 0 aliphatic rings. The van der Waals surface area contributed by atoms with E-state index >= 15 is 0 Å². The Bertz CT molecular complexity index is 3420. The zero-order valence-corrected chi connectivity index (χ0v) is 37.4. The van der Waals surface area contributed by atoms with Crippen LogP contribution in [0.2, 0.25) is 0 Å². The van der Waals surface area contributed by atoms with E-state index < -0.39 is 0 Å². The van der Waals surface area contributed by atoms with Crippen LogP contribution in [0.25, 0.3) is 64.6 Å². The van der Waals surface area contributed by atoms with Gasteiger partial charge in [0.2, 0.25) is 0 Å². The second-order valence-electron chi connectivity index (χ2n) is 16.0. The van der Waals surface area contributed by atoms with Crippen LogP contribution in [0.15, 0.2) is 200 Å². The van der Waals surface area contributed by atoms with Gasteiger partial charge in [-0.1, -0.05) is 142 Å². The van der Waals surface area contributed by atoms with Gasteiger partial charge in [0.1, 0.15) is 0 Å². The normalized spacial score (nSPS) is 11.1. The third kappa shape index (κ3) is 7.53. The fourth-order valence-corrected chi connectivity index (χ4v) is 9.14. The quantitative estimate of drug-likeness (QED) is 0.122. The molecule has 0 heterocycles. The number of benzene rings is 11. The fourth-order valence-electron chi connectivity index (χ4n) is 9.14. The lowest BCUT2D eigenvalue weighted by molar-refractivity contribution is 1.29. The molecular formula is C61H54N2. The highest BCUT2D eigenvalue weighted by Gasteiger charge is 2.26. The summed E-state index contributed by atoms with van der Waals surface area (Å²) in [5.74, 6) is 0. The van der Waals surface area contributed by atoms with Crippen LogP contribution in [0.3, 0.4) is 0 Å². The molecule has 0 N–H and O–H groups in total. The first kappa shape index (κ1) is 41.0. The number of hydrogen-bond acceptors (Lipinski definition) is 2. The van der Waals surface area contributed by atoms with Crippen molar-refractivity contribution in [2.75, 3.05) is 9.80 Å². The Morgan fingerprint density at radius 1 is 0.254 bits per heavy atom. The third-order valence-corrected chi connectivity index (χ3v) is 12.2. The lowest BCUT2D eigenvalue weighted by Crippen LogP contribution is -2.15. The van der Waals surface area contributed by atoms with Crippen molar-refractivity contribution < 1.29 is 0 Å². The Kier molecular flexibility index (Phi) is 11.4. The minimum Gasteiger partial charge on any atom is -0.309 e. The molecule has 0 aliphatic carbocycles. The van der Waals surface area contributed by atoms with Gasteiger partial charge in [-0.15, -0.1) is 0 Å². The van der Waals surface area contributed by atoms with Crippen molar-refractivity contribution in [2.24, 2.45) is 0 Å². The van der Waals surface area contributed by atoms with Crippen LogP contribution >= 0.6 is 0 Å². The smallest absolute Gasteiger partial charge is 0.0620 e. The molecule has 0 unspecified atom stereocenters. The summed E-state index contributed by atoms with van der Waals surface area (Å²) in [5.41, 5.74) is 10.6. The van der Waals surface area contributed by atoms with Gasteiger partial charge >= 0.3 is 0 Å². The molecule has 2 nitrogen and oxygen atoms in total. The zero-order valence-electron chi connectivity index (χ0n) is 37.4. The molecule has 0 amide bonds. The van der Waals surface area contributed by atoms with Crippen molar-refractivity contribution in [3.05, 3.63) is 217 Å². The zero-order chi connectivity index (χ0) is 43.6. The van der Waals surface area contributed by atoms with Gasteiger partial charge in [-0.25, -0.2) is 0 Å². The van der Waals surface area contributed by atoms with Crippen LogP contribution in [0.5, 0.6) is 0 Å². The molecule has 63 heavy (non-hydrogen) atoms. The van der Waals surface area contributed by atoms with Crippen molar-refractivity contribution in [3.63, 3.8) is 0 Å². The molecule has 2 heteroatoms. The Morgan fingerprint density at radius 3 is 1.03 bits per heavy atom. The Balaban J connectivity index is 0.00000123. The molecule has 0 saturated carbocycles. The maximum Gasteiger partial charge on any atom is 0.0620 e. The van der Waals surface area contributed by atoms with Crippen LogP contribution in [0.4, 0.5) is 34.1 Å². The van der Waals surface area contributed by atoms with E-state index in [0.717, 1.165) is 22.7 Å². The van der Waals surface area contributed by atoms with Gasteiger partial charge in [-0.2, -0.15) is 0 Å². The minimum absolute atomic E-state index is 1.11. The van der Waals surface area contributed by atoms with E-state index in [9.17, 15) is 0 Å². The van der Waals surface area contributed by atoms with Crippen LogP contribution in [-0.2, 0) is 0 Å². The van der Waals surface area contributed by atoms with Crippen molar-refractivity contribution in [1.82, 2.24) is 0 Å². The molecule has 11 aromatic carbocycles.